The van der Waals surface area contributed by atoms with Crippen LogP contribution < -0.4 is 10.5 Å². The van der Waals surface area contributed by atoms with Crippen LogP contribution in [0.3, 0.4) is 0 Å². The van der Waals surface area contributed by atoms with E-state index in [2.05, 4.69) is 4.90 Å². The number of hydrogen-bond donors (Lipinski definition) is 0. The van der Waals surface area contributed by atoms with Gasteiger partial charge in [0.2, 0.25) is 0 Å². The van der Waals surface area contributed by atoms with E-state index in [4.69, 9.17) is 23.3 Å². The highest BCUT2D eigenvalue weighted by atomic mass is 31.2. The van der Waals surface area contributed by atoms with Crippen molar-refractivity contribution < 1.29 is 40.4 Å². The van der Waals surface area contributed by atoms with Gasteiger partial charge in [-0.3, -0.25) is 18.4 Å². The number of benzene rings is 1. The molecule has 1 saturated heterocycles. The number of phosphoric acid groups is 1. The summed E-state index contributed by atoms with van der Waals surface area (Å²) in [7, 11) is -3.96. The van der Waals surface area contributed by atoms with Crippen LogP contribution >= 0.6 is 7.82 Å². The summed E-state index contributed by atoms with van der Waals surface area (Å²) in [6.45, 7) is 9.81. The molecule has 1 fully saturated rings. The average molecular weight is 695 g/mol. The van der Waals surface area contributed by atoms with Crippen molar-refractivity contribution in [2.24, 2.45) is 11.8 Å². The lowest BCUT2D eigenvalue weighted by atomic mass is 10.1. The highest BCUT2D eigenvalue weighted by molar-refractivity contribution is 7.48. The number of phosphoric ester groups is 1. The normalized spacial score (nSPS) is 14.5. The van der Waals surface area contributed by atoms with Gasteiger partial charge in [0.1, 0.15) is 18.2 Å². The van der Waals surface area contributed by atoms with E-state index in [9.17, 15) is 26.9 Å². The first-order valence-corrected chi connectivity index (χ1v) is 17.1. The molecule has 1 aromatic carbocycles. The third-order valence-electron chi connectivity index (χ3n) is 7.59. The Labute approximate surface area is 275 Å². The number of hydrogen-bond acceptors (Lipinski definition) is 8. The summed E-state index contributed by atoms with van der Waals surface area (Å²) < 4.78 is 93.3. The van der Waals surface area contributed by atoms with Crippen LogP contribution in [-0.4, -0.2) is 53.6 Å². The number of alkyl halides is 3. The van der Waals surface area contributed by atoms with Gasteiger partial charge in [-0.15, -0.1) is 0 Å². The molecule has 4 aromatic rings. The van der Waals surface area contributed by atoms with E-state index in [0.29, 0.717) is 54.5 Å². The Bertz CT molecular complexity index is 1820. The Hall–Kier alpha value is -3.55. The van der Waals surface area contributed by atoms with Gasteiger partial charge in [-0.25, -0.2) is 13.9 Å². The summed E-state index contributed by atoms with van der Waals surface area (Å²) in [6.07, 6.45) is -0.0268. The second kappa shape index (κ2) is 14.9. The van der Waals surface area contributed by atoms with Crippen molar-refractivity contribution in [1.82, 2.24) is 14.1 Å². The molecule has 0 saturated carbocycles. The maximum Gasteiger partial charge on any atom is 0.476 e. The van der Waals surface area contributed by atoms with Crippen molar-refractivity contribution in [3.05, 3.63) is 82.3 Å². The standard InChI is InChI=1S/C33H39F4N4O6P/c1-22(2)19-45-48(43,46-20-23(3)4)47-21-41-18-28(27-15-26(16-38-32(27)41)39-10-12-44-13-11-39)24-8-9-40(30(42)14-24)17-25-6-5-7-29(31(25)34)33(35,36)37/h5-9,14-16,18,22-23H,10-13,17,19-21H2,1-4H3. The number of rotatable bonds is 13. The molecule has 15 heteroatoms. The average Bonchev–Trinajstić information content (AvgIpc) is 3.41. The molecule has 0 radical (unpaired) electrons. The molecular weight excluding hydrogens is 655 g/mol. The molecular formula is C33H39F4N4O6P. The van der Waals surface area contributed by atoms with Crippen molar-refractivity contribution in [3.8, 4) is 11.1 Å². The predicted octanol–water partition coefficient (Wildman–Crippen LogP) is 7.34. The van der Waals surface area contributed by atoms with Gasteiger partial charge in [-0.05, 0) is 35.6 Å². The quantitative estimate of drug-likeness (QED) is 0.106. The molecule has 3 aromatic heterocycles. The second-order valence-electron chi connectivity index (χ2n) is 12.4. The van der Waals surface area contributed by atoms with E-state index >= 15 is 0 Å². The Morgan fingerprint density at radius 2 is 1.67 bits per heavy atom. The SMILES string of the molecule is CC(C)COP(=O)(OCC(C)C)OCn1cc(-c2ccn(Cc3cccc(C(F)(F)F)c3F)c(=O)c2)c2cc(N3CCOCC3)cnc21. The van der Waals surface area contributed by atoms with E-state index in [1.807, 2.05) is 33.8 Å². The highest BCUT2D eigenvalue weighted by Gasteiger charge is 2.35. The van der Waals surface area contributed by atoms with Crippen LogP contribution in [0.25, 0.3) is 22.2 Å². The van der Waals surface area contributed by atoms with E-state index in [1.165, 1.54) is 18.3 Å². The lowest BCUT2D eigenvalue weighted by Gasteiger charge is -2.28. The van der Waals surface area contributed by atoms with Gasteiger partial charge >= 0.3 is 14.0 Å². The summed E-state index contributed by atoms with van der Waals surface area (Å²) >= 11 is 0. The van der Waals surface area contributed by atoms with E-state index < -0.39 is 37.5 Å². The first kappa shape index (κ1) is 35.7. The van der Waals surface area contributed by atoms with Crippen molar-refractivity contribution in [2.45, 2.75) is 47.1 Å². The summed E-state index contributed by atoms with van der Waals surface area (Å²) in [6, 6.07) is 7.87. The minimum Gasteiger partial charge on any atom is -0.378 e. The molecule has 260 valence electrons. The summed E-state index contributed by atoms with van der Waals surface area (Å²) in [5, 5.41) is 0.671. The number of aromatic nitrogens is 3. The number of morpholine rings is 1. The second-order valence-corrected chi connectivity index (χ2v) is 14.1. The topological polar surface area (TPSA) is 97.0 Å². The number of ether oxygens (including phenoxy) is 1. The Kier molecular flexibility index (Phi) is 11.1. The van der Waals surface area contributed by atoms with Gasteiger partial charge < -0.3 is 18.8 Å². The van der Waals surface area contributed by atoms with Crippen molar-refractivity contribution >= 4 is 24.5 Å². The first-order chi connectivity index (χ1) is 22.7. The first-order valence-electron chi connectivity index (χ1n) is 15.6. The van der Waals surface area contributed by atoms with Gasteiger partial charge in [0.15, 0.2) is 0 Å². The van der Waals surface area contributed by atoms with Crippen LogP contribution in [0.5, 0.6) is 0 Å². The highest BCUT2D eigenvalue weighted by Crippen LogP contribution is 2.50. The fourth-order valence-corrected chi connectivity index (χ4v) is 6.57. The molecule has 0 atom stereocenters. The van der Waals surface area contributed by atoms with Crippen LogP contribution in [0.15, 0.2) is 59.8 Å². The minimum absolute atomic E-state index is 0.0797. The molecule has 0 spiro atoms. The van der Waals surface area contributed by atoms with E-state index in [0.717, 1.165) is 16.3 Å². The van der Waals surface area contributed by atoms with Crippen LogP contribution in [-0.2, 0) is 42.3 Å². The Balaban J connectivity index is 1.50. The largest absolute Gasteiger partial charge is 0.476 e. The van der Waals surface area contributed by atoms with E-state index in [1.54, 1.807) is 23.0 Å². The van der Waals surface area contributed by atoms with Gasteiger partial charge in [0.25, 0.3) is 5.56 Å². The van der Waals surface area contributed by atoms with Crippen molar-refractivity contribution in [2.75, 3.05) is 44.4 Å². The van der Waals surface area contributed by atoms with Gasteiger partial charge in [-0.1, -0.05) is 39.8 Å². The fraction of sp³-hybridized carbons (Fsp3) is 0.455. The molecule has 0 N–H and O–H groups in total. The number of pyridine rings is 2. The molecule has 4 heterocycles. The summed E-state index contributed by atoms with van der Waals surface area (Å²) in [5.41, 5.74) is 0.204. The Morgan fingerprint density at radius 3 is 2.29 bits per heavy atom. The molecule has 1 aliphatic rings. The fourth-order valence-electron chi connectivity index (χ4n) is 5.12. The molecule has 5 rings (SSSR count). The minimum atomic E-state index is -4.87. The van der Waals surface area contributed by atoms with Gasteiger partial charge in [0.05, 0.1) is 50.4 Å². The number of fused-ring (bicyclic) bond motifs is 1. The molecule has 0 bridgehead atoms. The maximum atomic E-state index is 14.7. The van der Waals surface area contributed by atoms with Gasteiger partial charge in [-0.2, -0.15) is 13.2 Å². The number of nitrogens with zero attached hydrogens (tertiary/aromatic N) is 4. The zero-order chi connectivity index (χ0) is 34.6. The Morgan fingerprint density at radius 1 is 0.979 bits per heavy atom. The molecule has 0 amide bonds. The van der Waals surface area contributed by atoms with Crippen LogP contribution in [0.4, 0.5) is 23.2 Å². The van der Waals surface area contributed by atoms with Crippen LogP contribution in [0.1, 0.15) is 38.8 Å². The molecule has 48 heavy (non-hydrogen) atoms. The number of halogens is 4. The lowest BCUT2D eigenvalue weighted by Crippen LogP contribution is -2.36. The summed E-state index contributed by atoms with van der Waals surface area (Å²) in [5.74, 6) is -1.26. The molecule has 10 nitrogen and oxygen atoms in total. The zero-order valence-electron chi connectivity index (χ0n) is 27.2. The zero-order valence-corrected chi connectivity index (χ0v) is 28.1. The van der Waals surface area contributed by atoms with Crippen molar-refractivity contribution in [3.63, 3.8) is 0 Å². The van der Waals surface area contributed by atoms with Crippen LogP contribution in [0, 0.1) is 17.7 Å². The number of anilines is 1. The monoisotopic (exact) mass is 694 g/mol. The predicted molar refractivity (Wildman–Crippen MR) is 173 cm³/mol. The molecule has 1 aliphatic heterocycles. The van der Waals surface area contributed by atoms with Gasteiger partial charge in [0, 0.05) is 48.1 Å². The van der Waals surface area contributed by atoms with Crippen molar-refractivity contribution in [1.29, 1.82) is 0 Å². The maximum absolute atomic E-state index is 14.7. The molecule has 0 unspecified atom stereocenters. The summed E-state index contributed by atoms with van der Waals surface area (Å²) in [4.78, 5) is 20.1. The lowest BCUT2D eigenvalue weighted by molar-refractivity contribution is -0.140. The third-order valence-corrected chi connectivity index (χ3v) is 8.96. The van der Waals surface area contributed by atoms with Crippen LogP contribution in [0.2, 0.25) is 0 Å². The van der Waals surface area contributed by atoms with E-state index in [-0.39, 0.29) is 37.3 Å². The smallest absolute Gasteiger partial charge is 0.378 e. The third kappa shape index (κ3) is 8.53. The molecule has 0 aliphatic carbocycles.